The zero-order valence-corrected chi connectivity index (χ0v) is 22.6. The van der Waals surface area contributed by atoms with E-state index in [4.69, 9.17) is 9.97 Å². The van der Waals surface area contributed by atoms with Crippen molar-refractivity contribution < 1.29 is 5.11 Å². The fourth-order valence-electron chi connectivity index (χ4n) is 5.99. The van der Waals surface area contributed by atoms with Crippen LogP contribution in [0.4, 0.5) is 0 Å². The van der Waals surface area contributed by atoms with Gasteiger partial charge in [0.05, 0.1) is 16.9 Å². The van der Waals surface area contributed by atoms with Gasteiger partial charge >= 0.3 is 0 Å². The quantitative estimate of drug-likeness (QED) is 0.242. The van der Waals surface area contributed by atoms with Gasteiger partial charge in [-0.05, 0) is 76.5 Å². The summed E-state index contributed by atoms with van der Waals surface area (Å²) < 4.78 is 2.24. The first-order valence-electron chi connectivity index (χ1n) is 14.0. The zero-order valence-electron chi connectivity index (χ0n) is 22.6. The highest BCUT2D eigenvalue weighted by Crippen LogP contribution is 2.38. The number of aromatic hydroxyl groups is 1. The maximum Gasteiger partial charge on any atom is 0.145 e. The molecule has 5 aromatic carbocycles. The normalized spacial score (nSPS) is 11.4. The van der Waals surface area contributed by atoms with Gasteiger partial charge in [0.25, 0.3) is 0 Å². The van der Waals surface area contributed by atoms with E-state index in [-0.39, 0.29) is 5.75 Å². The van der Waals surface area contributed by atoms with E-state index in [2.05, 4.69) is 95.6 Å². The maximum absolute atomic E-state index is 10.8. The molecule has 0 fully saturated rings. The van der Waals surface area contributed by atoms with Gasteiger partial charge in [-0.3, -0.25) is 4.57 Å². The molecule has 0 aliphatic heterocycles. The van der Waals surface area contributed by atoms with Crippen molar-refractivity contribution in [2.75, 3.05) is 0 Å². The van der Waals surface area contributed by atoms with Crippen LogP contribution in [-0.4, -0.2) is 19.6 Å². The van der Waals surface area contributed by atoms with E-state index < -0.39 is 0 Å². The van der Waals surface area contributed by atoms with Crippen molar-refractivity contribution >= 4 is 32.7 Å². The van der Waals surface area contributed by atoms with Gasteiger partial charge in [-0.1, -0.05) is 84.9 Å². The molecular formula is C38H25N3O. The molecule has 0 atom stereocenters. The molecule has 0 aliphatic rings. The van der Waals surface area contributed by atoms with Crippen molar-refractivity contribution in [3.05, 3.63) is 146 Å². The summed E-state index contributed by atoms with van der Waals surface area (Å²) in [6.07, 6.45) is 1.85. The Bertz CT molecular complexity index is 2210. The fourth-order valence-corrected chi connectivity index (χ4v) is 5.99. The number of para-hydroxylation sites is 2. The first-order chi connectivity index (χ1) is 20.7. The lowest BCUT2D eigenvalue weighted by Crippen LogP contribution is -1.98. The van der Waals surface area contributed by atoms with Gasteiger partial charge in [0.15, 0.2) is 0 Å². The predicted octanol–water partition coefficient (Wildman–Crippen LogP) is 9.43. The van der Waals surface area contributed by atoms with Gasteiger partial charge in [0.1, 0.15) is 11.4 Å². The molecule has 0 saturated heterocycles. The molecule has 8 rings (SSSR count). The van der Waals surface area contributed by atoms with Crippen molar-refractivity contribution in [1.82, 2.24) is 14.5 Å². The van der Waals surface area contributed by atoms with E-state index in [1.165, 1.54) is 5.39 Å². The first kappa shape index (κ1) is 24.1. The molecule has 8 aromatic rings. The van der Waals surface area contributed by atoms with Gasteiger partial charge < -0.3 is 5.11 Å². The van der Waals surface area contributed by atoms with Crippen LogP contribution >= 0.6 is 0 Å². The van der Waals surface area contributed by atoms with E-state index in [9.17, 15) is 5.11 Å². The Morgan fingerprint density at radius 2 is 1.21 bits per heavy atom. The number of hydrogen-bond donors (Lipinski definition) is 1. The largest absolute Gasteiger partial charge is 0.507 e. The van der Waals surface area contributed by atoms with Crippen molar-refractivity contribution in [1.29, 1.82) is 0 Å². The number of hydrogen-bond acceptors (Lipinski definition) is 3. The van der Waals surface area contributed by atoms with E-state index in [1.807, 2.05) is 48.7 Å². The molecule has 42 heavy (non-hydrogen) atoms. The third kappa shape index (κ3) is 3.93. The molecule has 4 heteroatoms. The van der Waals surface area contributed by atoms with Crippen LogP contribution in [-0.2, 0) is 0 Å². The van der Waals surface area contributed by atoms with Gasteiger partial charge in [0.2, 0.25) is 0 Å². The minimum absolute atomic E-state index is 0.205. The van der Waals surface area contributed by atoms with Crippen LogP contribution in [0.1, 0.15) is 0 Å². The second kappa shape index (κ2) is 9.72. The molecule has 0 saturated carbocycles. The van der Waals surface area contributed by atoms with Gasteiger partial charge in [-0.15, -0.1) is 0 Å². The minimum atomic E-state index is 0.205. The Labute approximate surface area is 242 Å². The van der Waals surface area contributed by atoms with Crippen LogP contribution in [0.25, 0.3) is 72.0 Å². The third-order valence-corrected chi connectivity index (χ3v) is 7.93. The Hall–Kier alpha value is -5.74. The van der Waals surface area contributed by atoms with E-state index >= 15 is 0 Å². The highest BCUT2D eigenvalue weighted by molar-refractivity contribution is 6.08. The number of rotatable bonds is 4. The van der Waals surface area contributed by atoms with Crippen LogP contribution < -0.4 is 0 Å². The fraction of sp³-hybridized carbons (Fsp3) is 0. The first-order valence-corrected chi connectivity index (χ1v) is 14.0. The topological polar surface area (TPSA) is 50.9 Å². The molecule has 1 N–H and O–H groups in total. The summed E-state index contributed by atoms with van der Waals surface area (Å²) >= 11 is 0. The lowest BCUT2D eigenvalue weighted by Gasteiger charge is -2.15. The minimum Gasteiger partial charge on any atom is -0.507 e. The average molecular weight is 540 g/mol. The molecule has 3 heterocycles. The Balaban J connectivity index is 1.44. The Morgan fingerprint density at radius 3 is 2.07 bits per heavy atom. The van der Waals surface area contributed by atoms with Gasteiger partial charge in [-0.25, -0.2) is 9.97 Å². The monoisotopic (exact) mass is 539 g/mol. The van der Waals surface area contributed by atoms with Crippen LogP contribution in [0.2, 0.25) is 0 Å². The molecule has 0 bridgehead atoms. The molecule has 0 amide bonds. The Morgan fingerprint density at radius 1 is 0.524 bits per heavy atom. The van der Waals surface area contributed by atoms with E-state index in [1.54, 1.807) is 6.07 Å². The summed E-state index contributed by atoms with van der Waals surface area (Å²) in [5.74, 6) is 0.205. The number of benzene rings is 5. The number of phenols is 1. The molecule has 0 radical (unpaired) electrons. The number of phenolic OH excluding ortho intramolecular Hbond substituents is 1. The summed E-state index contributed by atoms with van der Waals surface area (Å²) in [4.78, 5) is 9.99. The lowest BCUT2D eigenvalue weighted by atomic mass is 9.96. The number of pyridine rings is 2. The number of nitrogens with zero attached hydrogens (tertiary/aromatic N) is 3. The van der Waals surface area contributed by atoms with Gasteiger partial charge in [-0.2, -0.15) is 0 Å². The molecule has 0 unspecified atom stereocenters. The molecule has 198 valence electrons. The summed E-state index contributed by atoms with van der Waals surface area (Å²) in [6.45, 7) is 0. The standard InChI is InChI=1S/C38H25N3O/c42-37-19-9-7-16-32(37)34-22-27(25-11-2-1-3-12-25)23-35(40-34)33-24-28(21-26-13-4-5-14-29(26)33)41-36-18-8-6-15-30(36)31-17-10-20-39-38(31)41/h1-24,42H. The SMILES string of the molecule is Oc1ccccc1-c1cc(-c2ccccc2)cc(-c2cc(-n3c4ccccc4c4cccnc43)cc3ccccc23)n1. The Kier molecular flexibility index (Phi) is 5.57. The van der Waals surface area contributed by atoms with E-state index in [0.717, 1.165) is 61.1 Å². The average Bonchev–Trinajstić information content (AvgIpc) is 3.39. The summed E-state index contributed by atoms with van der Waals surface area (Å²) in [7, 11) is 0. The van der Waals surface area contributed by atoms with Crippen molar-refractivity contribution in [3.63, 3.8) is 0 Å². The van der Waals surface area contributed by atoms with Crippen molar-refractivity contribution in [3.8, 4) is 45.1 Å². The highest BCUT2D eigenvalue weighted by Gasteiger charge is 2.17. The van der Waals surface area contributed by atoms with Crippen LogP contribution in [0.3, 0.4) is 0 Å². The maximum atomic E-state index is 10.8. The lowest BCUT2D eigenvalue weighted by molar-refractivity contribution is 0.477. The zero-order chi connectivity index (χ0) is 28.0. The number of fused-ring (bicyclic) bond motifs is 4. The summed E-state index contributed by atoms with van der Waals surface area (Å²) in [6, 6.07) is 47.3. The summed E-state index contributed by atoms with van der Waals surface area (Å²) in [5, 5.41) is 15.3. The van der Waals surface area contributed by atoms with Crippen LogP contribution in [0.15, 0.2) is 146 Å². The van der Waals surface area contributed by atoms with Crippen molar-refractivity contribution in [2.24, 2.45) is 0 Å². The molecule has 4 nitrogen and oxygen atoms in total. The van der Waals surface area contributed by atoms with E-state index in [0.29, 0.717) is 5.56 Å². The van der Waals surface area contributed by atoms with Crippen LogP contribution in [0, 0.1) is 0 Å². The second-order valence-electron chi connectivity index (χ2n) is 10.5. The molecule has 3 aromatic heterocycles. The molecule has 0 aliphatic carbocycles. The number of aromatic nitrogens is 3. The smallest absolute Gasteiger partial charge is 0.145 e. The third-order valence-electron chi connectivity index (χ3n) is 7.93. The highest BCUT2D eigenvalue weighted by atomic mass is 16.3. The molecule has 0 spiro atoms. The van der Waals surface area contributed by atoms with Gasteiger partial charge in [0, 0.05) is 33.8 Å². The second-order valence-corrected chi connectivity index (χ2v) is 10.5. The van der Waals surface area contributed by atoms with Crippen LogP contribution in [0.5, 0.6) is 5.75 Å². The summed E-state index contributed by atoms with van der Waals surface area (Å²) in [5.41, 5.74) is 8.43. The predicted molar refractivity (Wildman–Crippen MR) is 172 cm³/mol. The van der Waals surface area contributed by atoms with Crippen molar-refractivity contribution in [2.45, 2.75) is 0 Å². The molecular weight excluding hydrogens is 514 g/mol.